The van der Waals surface area contributed by atoms with Crippen molar-refractivity contribution >= 4 is 42.5 Å². The normalized spacial score (nSPS) is 15.6. The first-order valence-corrected chi connectivity index (χ1v) is 16.4. The van der Waals surface area contributed by atoms with Crippen LogP contribution in [0.5, 0.6) is 0 Å². The summed E-state index contributed by atoms with van der Waals surface area (Å²) in [7, 11) is 2.39. The summed E-state index contributed by atoms with van der Waals surface area (Å²) in [6, 6.07) is 4.92. The Morgan fingerprint density at radius 2 is 1.83 bits per heavy atom. The molecule has 1 fully saturated rings. The highest BCUT2D eigenvalue weighted by Gasteiger charge is 2.30. The molecule has 0 spiro atoms. The molecule has 35 heavy (non-hydrogen) atoms. The smallest absolute Gasteiger partial charge is 0.410 e. The third kappa shape index (κ3) is 6.83. The summed E-state index contributed by atoms with van der Waals surface area (Å²) < 4.78 is 14.8. The average Bonchev–Trinajstić information content (AvgIpc) is 2.98. The molecular weight excluding hydrogens is 484 g/mol. The second-order valence-electron chi connectivity index (χ2n) is 11.7. The highest BCUT2D eigenvalue weighted by Crippen LogP contribution is 2.33. The highest BCUT2D eigenvalue weighted by molar-refractivity contribution is 6.76. The minimum Gasteiger partial charge on any atom is -0.444 e. The summed E-state index contributed by atoms with van der Waals surface area (Å²) in [5.74, 6) is 0. The minimum absolute atomic E-state index is 0.101. The number of aryl methyl sites for hydroxylation is 1. The predicted molar refractivity (Wildman–Crippen MR) is 146 cm³/mol. The highest BCUT2D eigenvalue weighted by atomic mass is 35.5. The van der Waals surface area contributed by atoms with E-state index < -0.39 is 13.7 Å². The van der Waals surface area contributed by atoms with Gasteiger partial charge in [0.1, 0.15) is 12.3 Å². The number of hydrogen-bond acceptors (Lipinski definition) is 5. The van der Waals surface area contributed by atoms with Crippen molar-refractivity contribution in [3.63, 3.8) is 0 Å². The Balaban J connectivity index is 1.78. The van der Waals surface area contributed by atoms with Crippen molar-refractivity contribution in [2.24, 2.45) is 7.05 Å². The van der Waals surface area contributed by atoms with Gasteiger partial charge in [-0.3, -0.25) is 9.13 Å². The van der Waals surface area contributed by atoms with Crippen molar-refractivity contribution < 1.29 is 14.3 Å². The fraction of sp³-hybridized carbons (Fsp3) is 0.680. The van der Waals surface area contributed by atoms with Crippen LogP contribution in [0, 0.1) is 0 Å². The molecule has 0 aliphatic carbocycles. The molecule has 1 saturated heterocycles. The van der Waals surface area contributed by atoms with Crippen LogP contribution in [-0.2, 0) is 23.3 Å². The van der Waals surface area contributed by atoms with Gasteiger partial charge in [-0.25, -0.2) is 9.59 Å². The molecule has 0 saturated carbocycles. The van der Waals surface area contributed by atoms with Crippen molar-refractivity contribution in [3.05, 3.63) is 27.6 Å². The molecule has 0 bridgehead atoms. The number of amides is 1. The zero-order valence-electron chi connectivity index (χ0n) is 22.5. The van der Waals surface area contributed by atoms with Crippen LogP contribution >= 0.6 is 11.6 Å². The maximum absolute atomic E-state index is 13.1. The fourth-order valence-corrected chi connectivity index (χ4v) is 5.34. The van der Waals surface area contributed by atoms with Crippen LogP contribution in [0.15, 0.2) is 16.9 Å². The van der Waals surface area contributed by atoms with E-state index in [9.17, 15) is 9.59 Å². The first-order chi connectivity index (χ1) is 16.2. The number of halogens is 1. The van der Waals surface area contributed by atoms with Gasteiger partial charge >= 0.3 is 11.8 Å². The van der Waals surface area contributed by atoms with Gasteiger partial charge in [-0.15, -0.1) is 0 Å². The number of benzene rings is 1. The number of piperidine rings is 1. The van der Waals surface area contributed by atoms with Crippen molar-refractivity contribution in [1.82, 2.24) is 14.0 Å². The van der Waals surface area contributed by atoms with E-state index in [0.717, 1.165) is 48.7 Å². The van der Waals surface area contributed by atoms with Gasteiger partial charge < -0.3 is 19.3 Å². The lowest BCUT2D eigenvalue weighted by Crippen LogP contribution is -2.47. The Bertz CT molecular complexity index is 1110. The Labute approximate surface area is 214 Å². The molecule has 2 aromatic rings. The van der Waals surface area contributed by atoms with Crippen molar-refractivity contribution in [2.75, 3.05) is 31.6 Å². The van der Waals surface area contributed by atoms with Crippen LogP contribution < -0.4 is 10.6 Å². The van der Waals surface area contributed by atoms with E-state index in [1.54, 1.807) is 28.1 Å². The topological polar surface area (TPSA) is 68.9 Å². The van der Waals surface area contributed by atoms with Crippen LogP contribution in [0.3, 0.4) is 0 Å². The van der Waals surface area contributed by atoms with Crippen molar-refractivity contribution in [1.29, 1.82) is 0 Å². The quantitative estimate of drug-likeness (QED) is 0.370. The summed E-state index contributed by atoms with van der Waals surface area (Å²) in [5.41, 5.74) is 1.94. The van der Waals surface area contributed by atoms with E-state index in [1.165, 1.54) is 0 Å². The molecule has 196 valence electrons. The molecule has 8 nitrogen and oxygen atoms in total. The van der Waals surface area contributed by atoms with Crippen molar-refractivity contribution in [2.45, 2.75) is 77.7 Å². The summed E-state index contributed by atoms with van der Waals surface area (Å²) in [6.07, 6.45) is 1.31. The largest absolute Gasteiger partial charge is 0.444 e. The molecule has 1 amide bonds. The number of fused-ring (bicyclic) bond motifs is 1. The third-order valence-electron chi connectivity index (χ3n) is 6.43. The summed E-state index contributed by atoms with van der Waals surface area (Å²) in [6.45, 7) is 14.9. The summed E-state index contributed by atoms with van der Waals surface area (Å²) >= 11 is 6.52. The number of imidazole rings is 1. The van der Waals surface area contributed by atoms with Gasteiger partial charge in [0.2, 0.25) is 0 Å². The number of carbonyl (C=O) groups is 1. The molecule has 0 unspecified atom stereocenters. The molecule has 0 radical (unpaired) electrons. The molecule has 1 aliphatic rings. The van der Waals surface area contributed by atoms with E-state index >= 15 is 0 Å². The van der Waals surface area contributed by atoms with Crippen LogP contribution in [0.2, 0.25) is 30.7 Å². The number of nitrogens with zero attached hydrogens (tertiary/aromatic N) is 4. The van der Waals surface area contributed by atoms with E-state index in [2.05, 4.69) is 24.5 Å². The molecule has 1 aromatic carbocycles. The van der Waals surface area contributed by atoms with E-state index in [1.807, 2.05) is 32.9 Å². The van der Waals surface area contributed by atoms with Gasteiger partial charge in [-0.1, -0.05) is 31.2 Å². The van der Waals surface area contributed by atoms with Gasteiger partial charge in [0.25, 0.3) is 0 Å². The second-order valence-corrected chi connectivity index (χ2v) is 17.8. The minimum atomic E-state index is -1.21. The SMILES string of the molecule is CN(C(=O)OC(C)(C)C)C1CCN(c2cc(Cl)cc3c2n(C)c(=O)n3COCC[Si](C)(C)C)CC1. The lowest BCUT2D eigenvalue weighted by atomic mass is 10.0. The number of carbonyl (C=O) groups excluding carboxylic acids is 1. The number of ether oxygens (including phenoxy) is 2. The number of rotatable bonds is 7. The first-order valence-electron chi connectivity index (χ1n) is 12.4. The molecule has 0 atom stereocenters. The van der Waals surface area contributed by atoms with Gasteiger partial charge in [0, 0.05) is 52.9 Å². The lowest BCUT2D eigenvalue weighted by molar-refractivity contribution is 0.0201. The van der Waals surface area contributed by atoms with Crippen LogP contribution in [0.4, 0.5) is 10.5 Å². The Hall–Kier alpha value is -1.97. The maximum Gasteiger partial charge on any atom is 0.410 e. The van der Waals surface area contributed by atoms with E-state index in [-0.39, 0.29) is 24.6 Å². The van der Waals surface area contributed by atoms with Gasteiger partial charge in [-0.05, 0) is 51.8 Å². The van der Waals surface area contributed by atoms with Gasteiger partial charge in [0.15, 0.2) is 0 Å². The molecule has 2 heterocycles. The molecule has 1 aromatic heterocycles. The Morgan fingerprint density at radius 1 is 1.20 bits per heavy atom. The van der Waals surface area contributed by atoms with E-state index in [4.69, 9.17) is 21.1 Å². The van der Waals surface area contributed by atoms with Crippen molar-refractivity contribution in [3.8, 4) is 0 Å². The first kappa shape index (κ1) is 27.6. The van der Waals surface area contributed by atoms with Crippen LogP contribution in [0.25, 0.3) is 11.0 Å². The molecule has 3 rings (SSSR count). The van der Waals surface area contributed by atoms with E-state index in [0.29, 0.717) is 11.6 Å². The molecule has 10 heteroatoms. The molecule has 0 N–H and O–H groups in total. The van der Waals surface area contributed by atoms with Gasteiger partial charge in [0.05, 0.1) is 16.7 Å². The number of aromatic nitrogens is 2. The van der Waals surface area contributed by atoms with Gasteiger partial charge in [-0.2, -0.15) is 0 Å². The Kier molecular flexibility index (Phi) is 8.33. The second kappa shape index (κ2) is 10.6. The third-order valence-corrected chi connectivity index (χ3v) is 8.35. The number of anilines is 1. The van der Waals surface area contributed by atoms with Crippen LogP contribution in [0.1, 0.15) is 33.6 Å². The standard InChI is InChI=1S/C25H41ClN4O4Si/c1-25(2,3)34-24(32)27(4)19-9-11-29(12-10-19)20-15-18(26)16-21-22(20)28(5)23(31)30(21)17-33-13-14-35(6,7)8/h15-16,19H,9-14,17H2,1-8H3. The average molecular weight is 525 g/mol. The summed E-state index contributed by atoms with van der Waals surface area (Å²) in [5, 5.41) is 0.585. The zero-order valence-corrected chi connectivity index (χ0v) is 24.2. The van der Waals surface area contributed by atoms with Crippen LogP contribution in [-0.4, -0.2) is 66.6 Å². The molecular formula is C25H41ClN4O4Si. The number of hydrogen-bond donors (Lipinski definition) is 0. The monoisotopic (exact) mass is 524 g/mol. The molecule has 1 aliphatic heterocycles. The maximum atomic E-state index is 13.1. The zero-order chi connectivity index (χ0) is 26.1. The lowest BCUT2D eigenvalue weighted by Gasteiger charge is -2.38. The summed E-state index contributed by atoms with van der Waals surface area (Å²) in [4.78, 5) is 29.6. The predicted octanol–water partition coefficient (Wildman–Crippen LogP) is 5.14. The Morgan fingerprint density at radius 3 is 2.40 bits per heavy atom. The fourth-order valence-electron chi connectivity index (χ4n) is 4.38.